The zero-order chi connectivity index (χ0) is 13.8. The molecule has 0 aliphatic carbocycles. The average Bonchev–Trinajstić information content (AvgIpc) is 2.92. The van der Waals surface area contributed by atoms with Crippen molar-refractivity contribution in [2.75, 3.05) is 24.5 Å². The molecule has 0 saturated carbocycles. The third kappa shape index (κ3) is 3.21. The molecule has 2 aliphatic rings. The van der Waals surface area contributed by atoms with Gasteiger partial charge in [-0.2, -0.15) is 0 Å². The fraction of sp³-hybridized carbons (Fsp3) is 0.600. The van der Waals surface area contributed by atoms with Crippen LogP contribution in [0.2, 0.25) is 0 Å². The minimum Gasteiger partial charge on any atom is -0.357 e. The Morgan fingerprint density at radius 2 is 2.15 bits per heavy atom. The molecule has 1 aromatic heterocycles. The predicted octanol–water partition coefficient (Wildman–Crippen LogP) is 1.51. The number of piperidine rings is 1. The number of aliphatic imine (C=N–C) groups is 1. The first-order valence-electron chi connectivity index (χ1n) is 7.56. The van der Waals surface area contributed by atoms with Crippen LogP contribution in [0.5, 0.6) is 0 Å². The maximum absolute atomic E-state index is 4.59. The van der Waals surface area contributed by atoms with Gasteiger partial charge < -0.3 is 15.5 Å². The second-order valence-corrected chi connectivity index (χ2v) is 5.66. The number of anilines is 1. The van der Waals surface area contributed by atoms with E-state index in [0.717, 1.165) is 38.0 Å². The van der Waals surface area contributed by atoms with Crippen molar-refractivity contribution in [1.29, 1.82) is 0 Å². The van der Waals surface area contributed by atoms with Crippen LogP contribution < -0.4 is 15.5 Å². The highest BCUT2D eigenvalue weighted by molar-refractivity contribution is 5.81. The average molecular weight is 273 g/mol. The van der Waals surface area contributed by atoms with Crippen molar-refractivity contribution in [3.63, 3.8) is 0 Å². The van der Waals surface area contributed by atoms with Crippen molar-refractivity contribution in [3.8, 4) is 0 Å². The summed E-state index contributed by atoms with van der Waals surface area (Å²) in [6, 6.07) is 4.73. The van der Waals surface area contributed by atoms with E-state index in [-0.39, 0.29) is 0 Å². The lowest BCUT2D eigenvalue weighted by molar-refractivity contribution is 0.573. The Bertz CT molecular complexity index is 462. The second-order valence-electron chi connectivity index (χ2n) is 5.66. The van der Waals surface area contributed by atoms with Gasteiger partial charge in [-0.1, -0.05) is 6.07 Å². The molecule has 3 heterocycles. The molecule has 5 heteroatoms. The number of hydrogen-bond donors (Lipinski definition) is 2. The summed E-state index contributed by atoms with van der Waals surface area (Å²) in [6.45, 7) is 6.04. The molecule has 1 fully saturated rings. The topological polar surface area (TPSA) is 52.6 Å². The highest BCUT2D eigenvalue weighted by Gasteiger charge is 2.13. The summed E-state index contributed by atoms with van der Waals surface area (Å²) in [7, 11) is 0. The number of rotatable bonds is 3. The first-order valence-corrected chi connectivity index (χ1v) is 7.56. The molecule has 0 spiro atoms. The summed E-state index contributed by atoms with van der Waals surface area (Å²) in [4.78, 5) is 11.4. The van der Waals surface area contributed by atoms with Gasteiger partial charge in [-0.05, 0) is 37.8 Å². The van der Waals surface area contributed by atoms with Gasteiger partial charge in [0.25, 0.3) is 0 Å². The maximum Gasteiger partial charge on any atom is 0.191 e. The lowest BCUT2D eigenvalue weighted by atomic mass is 10.1. The Kier molecular flexibility index (Phi) is 4.04. The van der Waals surface area contributed by atoms with Gasteiger partial charge in [-0.3, -0.25) is 4.99 Å². The molecule has 1 unspecified atom stereocenters. The minimum atomic E-state index is 0.442. The van der Waals surface area contributed by atoms with Gasteiger partial charge in [-0.15, -0.1) is 0 Å². The zero-order valence-corrected chi connectivity index (χ0v) is 12.1. The smallest absolute Gasteiger partial charge is 0.191 e. The van der Waals surface area contributed by atoms with E-state index >= 15 is 0 Å². The molecule has 108 valence electrons. The molecular formula is C15H23N5. The van der Waals surface area contributed by atoms with Crippen molar-refractivity contribution in [2.24, 2.45) is 4.99 Å². The van der Waals surface area contributed by atoms with E-state index < -0.39 is 0 Å². The van der Waals surface area contributed by atoms with Crippen LogP contribution in [0.1, 0.15) is 31.7 Å². The summed E-state index contributed by atoms with van der Waals surface area (Å²) in [5.41, 5.74) is 1.19. The summed E-state index contributed by atoms with van der Waals surface area (Å²) >= 11 is 0. The van der Waals surface area contributed by atoms with Crippen LogP contribution in [0.4, 0.5) is 5.82 Å². The third-order valence-electron chi connectivity index (χ3n) is 3.86. The van der Waals surface area contributed by atoms with E-state index in [4.69, 9.17) is 0 Å². The lowest BCUT2D eigenvalue weighted by Gasteiger charge is -2.27. The van der Waals surface area contributed by atoms with Crippen molar-refractivity contribution >= 4 is 11.8 Å². The first-order chi connectivity index (χ1) is 9.81. The van der Waals surface area contributed by atoms with Crippen molar-refractivity contribution in [1.82, 2.24) is 15.6 Å². The Labute approximate surface area is 120 Å². The van der Waals surface area contributed by atoms with Crippen LogP contribution in [0.3, 0.4) is 0 Å². The molecular weight excluding hydrogens is 250 g/mol. The molecule has 2 aliphatic heterocycles. The molecule has 0 amide bonds. The minimum absolute atomic E-state index is 0.442. The van der Waals surface area contributed by atoms with Crippen molar-refractivity contribution in [3.05, 3.63) is 23.9 Å². The van der Waals surface area contributed by atoms with Crippen LogP contribution in [0, 0.1) is 0 Å². The van der Waals surface area contributed by atoms with Gasteiger partial charge in [0.15, 0.2) is 5.96 Å². The number of nitrogens with one attached hydrogen (secondary N) is 2. The Morgan fingerprint density at radius 3 is 2.80 bits per heavy atom. The first kappa shape index (κ1) is 13.2. The van der Waals surface area contributed by atoms with Crippen LogP contribution in [-0.4, -0.2) is 36.6 Å². The van der Waals surface area contributed by atoms with Crippen LogP contribution in [0.15, 0.2) is 23.3 Å². The van der Waals surface area contributed by atoms with Gasteiger partial charge in [0.2, 0.25) is 0 Å². The Morgan fingerprint density at radius 1 is 1.30 bits per heavy atom. The monoisotopic (exact) mass is 273 g/mol. The highest BCUT2D eigenvalue weighted by atomic mass is 15.2. The van der Waals surface area contributed by atoms with Gasteiger partial charge in [0.1, 0.15) is 5.82 Å². The Hall–Kier alpha value is -1.78. The van der Waals surface area contributed by atoms with E-state index in [1.165, 1.54) is 24.8 Å². The molecule has 1 atom stereocenters. The predicted molar refractivity (Wildman–Crippen MR) is 82.0 cm³/mol. The zero-order valence-electron chi connectivity index (χ0n) is 12.1. The quantitative estimate of drug-likeness (QED) is 0.876. The van der Waals surface area contributed by atoms with Gasteiger partial charge in [-0.25, -0.2) is 4.98 Å². The molecule has 1 saturated heterocycles. The Balaban J connectivity index is 1.53. The fourth-order valence-corrected chi connectivity index (χ4v) is 2.68. The summed E-state index contributed by atoms with van der Waals surface area (Å²) in [6.07, 6.45) is 5.89. The largest absolute Gasteiger partial charge is 0.357 e. The fourth-order valence-electron chi connectivity index (χ4n) is 2.68. The number of guanidine groups is 1. The van der Waals surface area contributed by atoms with E-state index in [0.29, 0.717) is 6.04 Å². The standard InChI is InChI=1S/C15H23N5/c1-12-9-17-15(19-12)18-11-13-5-6-14(16-10-13)20-7-3-2-4-8-20/h5-6,10,12H,2-4,7-9,11H2,1H3,(H2,17,18,19). The van der Waals surface area contributed by atoms with E-state index in [1.54, 1.807) is 0 Å². The maximum atomic E-state index is 4.59. The lowest BCUT2D eigenvalue weighted by Crippen LogP contribution is -2.37. The molecule has 0 bridgehead atoms. The van der Waals surface area contributed by atoms with Crippen molar-refractivity contribution < 1.29 is 0 Å². The van der Waals surface area contributed by atoms with Crippen LogP contribution in [0.25, 0.3) is 0 Å². The molecule has 0 aromatic carbocycles. The number of pyridine rings is 1. The van der Waals surface area contributed by atoms with Gasteiger partial charge in [0, 0.05) is 31.9 Å². The van der Waals surface area contributed by atoms with Crippen LogP contribution in [-0.2, 0) is 6.54 Å². The van der Waals surface area contributed by atoms with E-state index in [9.17, 15) is 0 Å². The normalized spacial score (nSPS) is 22.4. The van der Waals surface area contributed by atoms with Gasteiger partial charge >= 0.3 is 0 Å². The summed E-state index contributed by atoms with van der Waals surface area (Å²) in [5, 5.41) is 6.61. The third-order valence-corrected chi connectivity index (χ3v) is 3.86. The second kappa shape index (κ2) is 6.11. The molecule has 20 heavy (non-hydrogen) atoms. The van der Waals surface area contributed by atoms with Crippen LogP contribution >= 0.6 is 0 Å². The highest BCUT2D eigenvalue weighted by Crippen LogP contribution is 2.17. The molecule has 5 nitrogen and oxygen atoms in total. The van der Waals surface area contributed by atoms with E-state index in [1.807, 2.05) is 6.20 Å². The number of nitrogens with zero attached hydrogens (tertiary/aromatic N) is 3. The van der Waals surface area contributed by atoms with E-state index in [2.05, 4.69) is 44.6 Å². The molecule has 3 rings (SSSR count). The van der Waals surface area contributed by atoms with Crippen molar-refractivity contribution in [2.45, 2.75) is 38.8 Å². The SMILES string of the molecule is CC1CN=C(NCc2ccc(N3CCCCC3)nc2)N1. The molecule has 2 N–H and O–H groups in total. The summed E-state index contributed by atoms with van der Waals surface area (Å²) in [5.74, 6) is 2.01. The summed E-state index contributed by atoms with van der Waals surface area (Å²) < 4.78 is 0. The number of hydrogen-bond acceptors (Lipinski definition) is 5. The molecule has 0 radical (unpaired) electrons. The molecule has 1 aromatic rings. The number of aromatic nitrogens is 1. The van der Waals surface area contributed by atoms with Gasteiger partial charge in [0.05, 0.1) is 6.54 Å².